The van der Waals surface area contributed by atoms with Crippen LogP contribution < -0.4 is 27.0 Å². The molecule has 0 saturated carbocycles. The van der Waals surface area contributed by atoms with Gasteiger partial charge in [0.15, 0.2) is 11.6 Å². The number of carbonyl (C=O) groups excluding carboxylic acids is 9. The third kappa shape index (κ3) is 14.5. The number of ether oxygens (including phenoxy) is 1. The van der Waals surface area contributed by atoms with Crippen molar-refractivity contribution in [1.82, 2.24) is 31.1 Å². The van der Waals surface area contributed by atoms with Crippen molar-refractivity contribution < 1.29 is 47.9 Å². The van der Waals surface area contributed by atoms with E-state index in [1.54, 1.807) is 27.7 Å². The van der Waals surface area contributed by atoms with E-state index in [0.717, 1.165) is 0 Å². The highest BCUT2D eigenvalue weighted by Gasteiger charge is 2.40. The van der Waals surface area contributed by atoms with Crippen LogP contribution >= 0.6 is 0 Å². The number of urea groups is 1. The molecule has 2 aliphatic heterocycles. The lowest BCUT2D eigenvalue weighted by atomic mass is 9.89. The van der Waals surface area contributed by atoms with Gasteiger partial charge in [-0.25, -0.2) is 4.79 Å². The van der Waals surface area contributed by atoms with Crippen molar-refractivity contribution in [1.29, 1.82) is 0 Å². The first-order valence-electron chi connectivity index (χ1n) is 18.6. The summed E-state index contributed by atoms with van der Waals surface area (Å²) in [5.74, 6) is -4.69. The number of ketones is 2. The number of amides is 8. The van der Waals surface area contributed by atoms with Crippen LogP contribution in [-0.2, 0) is 43.1 Å². The first-order valence-corrected chi connectivity index (χ1v) is 18.6. The van der Waals surface area contributed by atoms with Crippen LogP contribution in [0.3, 0.4) is 0 Å². The van der Waals surface area contributed by atoms with E-state index in [9.17, 15) is 43.2 Å². The Kier molecular flexibility index (Phi) is 18.5. The summed E-state index contributed by atoms with van der Waals surface area (Å²) in [6, 6.07) is -2.52. The first kappa shape index (κ1) is 44.7. The molecular weight excluding hydrogens is 690 g/mol. The Hall–Kier alpha value is -4.41. The molecule has 4 atom stereocenters. The van der Waals surface area contributed by atoms with Crippen LogP contribution in [0, 0.1) is 29.6 Å². The molecule has 2 heterocycles. The molecule has 2 aliphatic rings. The number of imide groups is 1. The van der Waals surface area contributed by atoms with Crippen LogP contribution in [0.15, 0.2) is 0 Å². The molecule has 0 aromatic heterocycles. The standard InChI is InChI=1S/C36H59N7O10/c1-21(2)25-18-31(48)43(35(25)51)14-16-53-15-11-29(46)41-32(23(5)6)27(44)17-24(9-7-12-38-36(37)52)34(50)42-13-8-10-26(42)33(49)40-20-30(47)39-19-28(45)22(3)4/h21-26,32H,7-20H2,1-6H3,(H,39,47)(H,40,49)(H,41,46)(H3,37,38,52)/t24?,25?,26?,32-/m0/s1. The van der Waals surface area contributed by atoms with Crippen LogP contribution in [0.5, 0.6) is 0 Å². The molecule has 2 saturated heterocycles. The zero-order chi connectivity index (χ0) is 39.8. The fraction of sp³-hybridized carbons (Fsp3) is 0.750. The highest BCUT2D eigenvalue weighted by molar-refractivity contribution is 6.03. The number of hydrogen-bond acceptors (Lipinski definition) is 10. The van der Waals surface area contributed by atoms with E-state index in [2.05, 4.69) is 21.3 Å². The van der Waals surface area contributed by atoms with Crippen LogP contribution in [0.2, 0.25) is 0 Å². The molecule has 0 bridgehead atoms. The van der Waals surface area contributed by atoms with E-state index >= 15 is 0 Å². The van der Waals surface area contributed by atoms with Crippen molar-refractivity contribution >= 4 is 53.0 Å². The van der Waals surface area contributed by atoms with Crippen LogP contribution in [0.1, 0.15) is 86.5 Å². The Balaban J connectivity index is 1.99. The Bertz CT molecular complexity index is 1350. The van der Waals surface area contributed by atoms with Gasteiger partial charge in [0.25, 0.3) is 0 Å². The predicted octanol–water partition coefficient (Wildman–Crippen LogP) is 0.0374. The van der Waals surface area contributed by atoms with Crippen LogP contribution in [0.25, 0.3) is 0 Å². The molecule has 0 radical (unpaired) electrons. The summed E-state index contributed by atoms with van der Waals surface area (Å²) in [5.41, 5.74) is 5.18. The number of hydrogen-bond donors (Lipinski definition) is 5. The quantitative estimate of drug-likeness (QED) is 0.0694. The maximum atomic E-state index is 13.9. The lowest BCUT2D eigenvalue weighted by Gasteiger charge is -2.29. The van der Waals surface area contributed by atoms with Gasteiger partial charge in [-0.15, -0.1) is 0 Å². The molecule has 0 spiro atoms. The van der Waals surface area contributed by atoms with Crippen molar-refractivity contribution in [2.45, 2.75) is 98.6 Å². The third-order valence-corrected chi connectivity index (χ3v) is 9.54. The second-order valence-electron chi connectivity index (χ2n) is 14.7. The second-order valence-corrected chi connectivity index (χ2v) is 14.7. The topological polar surface area (TPSA) is 243 Å². The van der Waals surface area contributed by atoms with Gasteiger partial charge in [0.05, 0.1) is 38.9 Å². The van der Waals surface area contributed by atoms with Gasteiger partial charge in [-0.3, -0.25) is 43.3 Å². The minimum atomic E-state index is -0.923. The predicted molar refractivity (Wildman–Crippen MR) is 192 cm³/mol. The Labute approximate surface area is 311 Å². The average Bonchev–Trinajstić information content (AvgIpc) is 3.69. The van der Waals surface area contributed by atoms with Crippen molar-refractivity contribution in [3.63, 3.8) is 0 Å². The summed E-state index contributed by atoms with van der Waals surface area (Å²) in [4.78, 5) is 116. The van der Waals surface area contributed by atoms with Gasteiger partial charge in [0, 0.05) is 50.1 Å². The number of Topliss-reactive ketones (excluding diaryl/α,β-unsaturated/α-hetero) is 2. The lowest BCUT2D eigenvalue weighted by Crippen LogP contribution is -2.51. The zero-order valence-electron chi connectivity index (χ0n) is 32.0. The average molecular weight is 750 g/mol. The Morgan fingerprint density at radius 2 is 1.58 bits per heavy atom. The van der Waals surface area contributed by atoms with Crippen molar-refractivity contribution in [3.8, 4) is 0 Å². The smallest absolute Gasteiger partial charge is 0.312 e. The summed E-state index contributed by atoms with van der Waals surface area (Å²) >= 11 is 0. The van der Waals surface area contributed by atoms with E-state index < -0.39 is 47.7 Å². The fourth-order valence-electron chi connectivity index (χ4n) is 6.27. The van der Waals surface area contributed by atoms with Gasteiger partial charge in [-0.2, -0.15) is 0 Å². The number of nitrogens with two attached hydrogens (primary N) is 1. The number of rotatable bonds is 23. The van der Waals surface area contributed by atoms with Crippen molar-refractivity contribution in [2.75, 3.05) is 45.9 Å². The van der Waals surface area contributed by atoms with E-state index in [-0.39, 0.29) is 119 Å². The molecule has 3 unspecified atom stereocenters. The normalized spacial score (nSPS) is 18.4. The monoisotopic (exact) mass is 749 g/mol. The maximum Gasteiger partial charge on any atom is 0.312 e. The number of carbonyl (C=O) groups is 9. The van der Waals surface area contributed by atoms with E-state index in [1.165, 1.54) is 9.80 Å². The summed E-state index contributed by atoms with van der Waals surface area (Å²) in [5, 5.41) is 10.2. The molecule has 17 heteroatoms. The Morgan fingerprint density at radius 1 is 0.887 bits per heavy atom. The van der Waals surface area contributed by atoms with Gasteiger partial charge < -0.3 is 36.6 Å². The molecule has 6 N–H and O–H groups in total. The number of nitrogens with one attached hydrogen (secondary N) is 4. The number of likely N-dealkylation sites (tertiary alicyclic amines) is 2. The number of nitrogens with zero attached hydrogens (tertiary/aromatic N) is 2. The molecule has 2 rings (SSSR count). The second kappa shape index (κ2) is 22.0. The SMILES string of the molecule is CC(C)C(=O)CNC(=O)CNC(=O)C1CCCN1C(=O)C(CCCNC(N)=O)CC(=O)[C@@H](NC(=O)CCOCCN1C(=O)CC(C(C)C)C1=O)C(C)C. The molecule has 0 aliphatic carbocycles. The third-order valence-electron chi connectivity index (χ3n) is 9.54. The number of primary amides is 1. The van der Waals surface area contributed by atoms with Crippen molar-refractivity contribution in [3.05, 3.63) is 0 Å². The van der Waals surface area contributed by atoms with Gasteiger partial charge in [-0.1, -0.05) is 41.5 Å². The van der Waals surface area contributed by atoms with E-state index in [0.29, 0.717) is 19.3 Å². The Morgan fingerprint density at radius 3 is 2.19 bits per heavy atom. The molecule has 0 aromatic carbocycles. The largest absolute Gasteiger partial charge is 0.379 e. The zero-order valence-corrected chi connectivity index (χ0v) is 32.0. The van der Waals surface area contributed by atoms with Crippen LogP contribution in [-0.4, -0.2) is 121 Å². The first-order chi connectivity index (χ1) is 24.9. The minimum Gasteiger partial charge on any atom is -0.379 e. The summed E-state index contributed by atoms with van der Waals surface area (Å²) in [6.07, 6.45) is 1.25. The summed E-state index contributed by atoms with van der Waals surface area (Å²) in [7, 11) is 0. The molecule has 2 fully saturated rings. The summed E-state index contributed by atoms with van der Waals surface area (Å²) in [6.45, 7) is 10.8. The van der Waals surface area contributed by atoms with Gasteiger partial charge in [-0.05, 0) is 37.5 Å². The molecule has 17 nitrogen and oxygen atoms in total. The molecule has 0 aromatic rings. The fourth-order valence-corrected chi connectivity index (χ4v) is 6.27. The highest BCUT2D eigenvalue weighted by atomic mass is 16.5. The van der Waals surface area contributed by atoms with Gasteiger partial charge >= 0.3 is 6.03 Å². The molecule has 298 valence electrons. The minimum absolute atomic E-state index is 0.00121. The lowest BCUT2D eigenvalue weighted by molar-refractivity contribution is -0.143. The van der Waals surface area contributed by atoms with Crippen molar-refractivity contribution in [2.24, 2.45) is 35.3 Å². The van der Waals surface area contributed by atoms with Crippen LogP contribution in [0.4, 0.5) is 4.79 Å². The molecular formula is C36H59N7O10. The summed E-state index contributed by atoms with van der Waals surface area (Å²) < 4.78 is 5.53. The van der Waals surface area contributed by atoms with Gasteiger partial charge in [0.2, 0.25) is 35.4 Å². The van der Waals surface area contributed by atoms with E-state index in [4.69, 9.17) is 10.5 Å². The molecule has 53 heavy (non-hydrogen) atoms. The van der Waals surface area contributed by atoms with Gasteiger partial charge in [0.1, 0.15) is 6.04 Å². The van der Waals surface area contributed by atoms with E-state index in [1.807, 2.05) is 13.8 Å². The molecule has 8 amide bonds. The maximum absolute atomic E-state index is 13.9. The highest BCUT2D eigenvalue weighted by Crippen LogP contribution is 2.27.